The van der Waals surface area contributed by atoms with Crippen molar-refractivity contribution < 1.29 is 9.59 Å². The van der Waals surface area contributed by atoms with Gasteiger partial charge >= 0.3 is 6.03 Å². The van der Waals surface area contributed by atoms with Gasteiger partial charge in [-0.15, -0.1) is 0 Å². The number of urea groups is 1. The van der Waals surface area contributed by atoms with Crippen LogP contribution in [0.2, 0.25) is 0 Å². The van der Waals surface area contributed by atoms with Gasteiger partial charge in [0.05, 0.1) is 0 Å². The van der Waals surface area contributed by atoms with Crippen molar-refractivity contribution in [2.45, 2.75) is 155 Å². The second-order valence-electron chi connectivity index (χ2n) is 9.23. The lowest BCUT2D eigenvalue weighted by molar-refractivity contribution is -0.122. The molecule has 0 fully saturated rings. The molecule has 1 unspecified atom stereocenters. The molecule has 0 aromatic carbocycles. The number of halogens is 1. The zero-order valence-corrected chi connectivity index (χ0v) is 23.7. The summed E-state index contributed by atoms with van der Waals surface area (Å²) in [6, 6.07) is -0.814. The van der Waals surface area contributed by atoms with Crippen LogP contribution in [-0.4, -0.2) is 16.3 Å². The van der Waals surface area contributed by atoms with Crippen molar-refractivity contribution in [1.82, 2.24) is 5.32 Å². The van der Waals surface area contributed by atoms with E-state index < -0.39 is 10.4 Å². The van der Waals surface area contributed by atoms with Crippen molar-refractivity contribution in [1.29, 1.82) is 0 Å². The van der Waals surface area contributed by atoms with Gasteiger partial charge in [0.25, 0.3) is 0 Å². The molecule has 0 aromatic rings. The number of nitrogens with two attached hydrogens (primary N) is 1. The number of rotatable bonds is 19. The van der Waals surface area contributed by atoms with Crippen LogP contribution in [0.5, 0.6) is 0 Å². The molecule has 0 saturated carbocycles. The van der Waals surface area contributed by atoms with Crippen molar-refractivity contribution in [2.75, 3.05) is 0 Å². The summed E-state index contributed by atoms with van der Waals surface area (Å²) < 4.78 is -0.665. The first kappa shape index (κ1) is 33.6. The molecule has 0 aliphatic carbocycles. The average Bonchev–Trinajstić information content (AvgIpc) is 2.78. The van der Waals surface area contributed by atoms with E-state index in [0.717, 1.165) is 5.92 Å². The van der Waals surface area contributed by atoms with Gasteiger partial charge in [0.15, 0.2) is 0 Å². The third-order valence-electron chi connectivity index (χ3n) is 6.52. The van der Waals surface area contributed by atoms with Crippen molar-refractivity contribution in [3.8, 4) is 0 Å². The highest BCUT2D eigenvalue weighted by atomic mass is 79.9. The Kier molecular flexibility index (Phi) is 24.7. The zero-order valence-electron chi connectivity index (χ0n) is 22.1. The summed E-state index contributed by atoms with van der Waals surface area (Å²) >= 11 is 3.26. The van der Waals surface area contributed by atoms with Gasteiger partial charge in [-0.05, 0) is 18.8 Å². The van der Waals surface area contributed by atoms with Crippen LogP contribution in [-0.2, 0) is 4.79 Å². The topological polar surface area (TPSA) is 72.2 Å². The Morgan fingerprint density at radius 1 is 0.719 bits per heavy atom. The third-order valence-corrected chi connectivity index (χ3v) is 8.01. The number of hydrogen-bond donors (Lipinski definition) is 2. The average molecular weight is 520 g/mol. The van der Waals surface area contributed by atoms with Gasteiger partial charge in [-0.1, -0.05) is 153 Å². The van der Waals surface area contributed by atoms with E-state index >= 15 is 0 Å². The van der Waals surface area contributed by atoms with Crippen LogP contribution in [0.3, 0.4) is 0 Å². The van der Waals surface area contributed by atoms with Crippen LogP contribution < -0.4 is 11.1 Å². The Morgan fingerprint density at radius 3 is 1.41 bits per heavy atom. The van der Waals surface area contributed by atoms with Gasteiger partial charge in [-0.2, -0.15) is 0 Å². The SMILES string of the molecule is CCC(Br)(CC)C(=O)NC(N)=O.CCCCCCCCCCC(CC)CCCCCCC. The van der Waals surface area contributed by atoms with Crippen LogP contribution in [0.15, 0.2) is 0 Å². The maximum Gasteiger partial charge on any atom is 0.318 e. The highest BCUT2D eigenvalue weighted by Crippen LogP contribution is 2.26. The highest BCUT2D eigenvalue weighted by molar-refractivity contribution is 9.10. The van der Waals surface area contributed by atoms with Crippen molar-refractivity contribution in [2.24, 2.45) is 11.7 Å². The smallest absolute Gasteiger partial charge is 0.318 e. The molecular formula is C27H55BrN2O2. The first-order chi connectivity index (χ1) is 15.3. The normalized spacial score (nSPS) is 12.1. The molecule has 5 heteroatoms. The van der Waals surface area contributed by atoms with Gasteiger partial charge in [0.1, 0.15) is 4.32 Å². The molecule has 0 radical (unpaired) electrons. The number of unbranched alkanes of at least 4 members (excludes halogenated alkanes) is 11. The molecule has 192 valence electrons. The van der Waals surface area contributed by atoms with E-state index in [0.29, 0.717) is 12.8 Å². The van der Waals surface area contributed by atoms with Crippen molar-refractivity contribution in [3.63, 3.8) is 0 Å². The van der Waals surface area contributed by atoms with Gasteiger partial charge in [0, 0.05) is 0 Å². The minimum Gasteiger partial charge on any atom is -0.351 e. The third kappa shape index (κ3) is 20.1. The molecule has 0 spiro atoms. The molecule has 4 nitrogen and oxygen atoms in total. The van der Waals surface area contributed by atoms with Crippen molar-refractivity contribution in [3.05, 3.63) is 0 Å². The summed E-state index contributed by atoms with van der Waals surface area (Å²) in [7, 11) is 0. The fourth-order valence-corrected chi connectivity index (χ4v) is 4.05. The number of amides is 3. The summed E-state index contributed by atoms with van der Waals surface area (Å²) in [5.74, 6) is 0.650. The highest BCUT2D eigenvalue weighted by Gasteiger charge is 2.32. The minimum atomic E-state index is -0.814. The van der Waals surface area contributed by atoms with Crippen LogP contribution in [0.1, 0.15) is 150 Å². The largest absolute Gasteiger partial charge is 0.351 e. The number of alkyl halides is 1. The number of hydrogen-bond acceptors (Lipinski definition) is 2. The number of carbonyl (C=O) groups excluding carboxylic acids is 2. The number of imide groups is 1. The molecule has 32 heavy (non-hydrogen) atoms. The molecule has 0 rings (SSSR count). The van der Waals surface area contributed by atoms with Gasteiger partial charge < -0.3 is 5.73 Å². The van der Waals surface area contributed by atoms with Crippen LogP contribution in [0, 0.1) is 5.92 Å². The Hall–Kier alpha value is -0.580. The summed E-state index contributed by atoms with van der Waals surface area (Å²) in [5, 5.41) is 2.04. The molecule has 3 N–H and O–H groups in total. The quantitative estimate of drug-likeness (QED) is 0.132. The fraction of sp³-hybridized carbons (Fsp3) is 0.926. The number of nitrogens with one attached hydrogen (secondary N) is 1. The zero-order chi connectivity index (χ0) is 24.7. The maximum absolute atomic E-state index is 11.3. The predicted octanol–water partition coefficient (Wildman–Crippen LogP) is 9.04. The van der Waals surface area contributed by atoms with Gasteiger partial charge in [-0.25, -0.2) is 4.79 Å². The lowest BCUT2D eigenvalue weighted by atomic mass is 9.92. The summed E-state index contributed by atoms with van der Waals surface area (Å²) in [6.45, 7) is 10.7. The molecule has 3 amide bonds. The van der Waals surface area contributed by atoms with Crippen LogP contribution in [0.25, 0.3) is 0 Å². The molecular weight excluding hydrogens is 464 g/mol. The van der Waals surface area contributed by atoms with Gasteiger partial charge in [0.2, 0.25) is 5.91 Å². The second-order valence-corrected chi connectivity index (χ2v) is 10.7. The van der Waals surface area contributed by atoms with E-state index in [1.165, 1.54) is 103 Å². The molecule has 1 atom stereocenters. The van der Waals surface area contributed by atoms with E-state index in [2.05, 4.69) is 36.7 Å². The molecule has 0 heterocycles. The van der Waals surface area contributed by atoms with E-state index in [-0.39, 0.29) is 5.91 Å². The monoisotopic (exact) mass is 518 g/mol. The van der Waals surface area contributed by atoms with Crippen molar-refractivity contribution >= 4 is 27.9 Å². The Morgan fingerprint density at radius 2 is 1.09 bits per heavy atom. The Balaban J connectivity index is 0. The van der Waals surface area contributed by atoms with E-state index in [1.807, 2.05) is 19.2 Å². The first-order valence-corrected chi connectivity index (χ1v) is 14.4. The van der Waals surface area contributed by atoms with Crippen LogP contribution >= 0.6 is 15.9 Å². The standard InChI is InChI=1S/C20H42.C7H13BrN2O2/c1-4-7-9-11-12-13-15-17-19-20(6-3)18-16-14-10-8-5-2;1-3-7(8,4-2)5(11)10-6(9)12/h20H,4-19H2,1-3H3;3-4H2,1-2H3,(H3,9,10,11,12). The molecule has 0 aliphatic heterocycles. The van der Waals surface area contributed by atoms with Crippen LogP contribution in [0.4, 0.5) is 4.79 Å². The van der Waals surface area contributed by atoms with E-state index in [4.69, 9.17) is 5.73 Å². The van der Waals surface area contributed by atoms with E-state index in [1.54, 1.807) is 0 Å². The van der Waals surface area contributed by atoms with E-state index in [9.17, 15) is 9.59 Å². The minimum absolute atomic E-state index is 0.375. The summed E-state index contributed by atoms with van der Waals surface area (Å²) in [6.07, 6.45) is 24.5. The molecule has 0 aromatic heterocycles. The summed E-state index contributed by atoms with van der Waals surface area (Å²) in [4.78, 5) is 21.6. The molecule has 0 saturated heterocycles. The second kappa shape index (κ2) is 23.6. The molecule has 0 aliphatic rings. The maximum atomic E-state index is 11.3. The Labute approximate surface area is 208 Å². The number of primary amides is 1. The Bertz CT molecular complexity index is 439. The first-order valence-electron chi connectivity index (χ1n) is 13.6. The molecule has 0 bridgehead atoms. The summed E-state index contributed by atoms with van der Waals surface area (Å²) in [5.41, 5.74) is 4.81. The lowest BCUT2D eigenvalue weighted by Gasteiger charge is -2.21. The fourth-order valence-electron chi connectivity index (χ4n) is 3.95. The van der Waals surface area contributed by atoms with Gasteiger partial charge in [-0.3, -0.25) is 10.1 Å². The predicted molar refractivity (Wildman–Crippen MR) is 144 cm³/mol. The number of carbonyl (C=O) groups is 2. The lowest BCUT2D eigenvalue weighted by Crippen LogP contribution is -2.46.